The highest BCUT2D eigenvalue weighted by Crippen LogP contribution is 2.35. The molecule has 1 aliphatic heterocycles. The van der Waals surface area contributed by atoms with Crippen LogP contribution in [0.1, 0.15) is 31.3 Å². The number of fused-ring (bicyclic) bond motifs is 1. The van der Waals surface area contributed by atoms with Crippen LogP contribution in [0.4, 0.5) is 0 Å². The van der Waals surface area contributed by atoms with Gasteiger partial charge in [0.05, 0.1) is 18.8 Å². The van der Waals surface area contributed by atoms with Gasteiger partial charge in [-0.3, -0.25) is 0 Å². The van der Waals surface area contributed by atoms with E-state index in [1.54, 1.807) is 26.0 Å². The Hall–Kier alpha value is -1.98. The van der Waals surface area contributed by atoms with Crippen LogP contribution in [0, 0.1) is 5.92 Å². The molecular weight excluding hydrogens is 408 g/mol. The minimum absolute atomic E-state index is 0.109. The van der Waals surface area contributed by atoms with Crippen LogP contribution in [-0.2, 0) is 14.2 Å². The summed E-state index contributed by atoms with van der Waals surface area (Å²) in [4.78, 5) is 0. The van der Waals surface area contributed by atoms with Gasteiger partial charge in [-0.2, -0.15) is 0 Å². The summed E-state index contributed by atoms with van der Waals surface area (Å²) in [5.41, 5.74) is 0.461. The van der Waals surface area contributed by atoms with Crippen molar-refractivity contribution < 1.29 is 44.5 Å². The number of ether oxygens (including phenoxy) is 4. The summed E-state index contributed by atoms with van der Waals surface area (Å²) in [5.74, 6) is -0.167. The van der Waals surface area contributed by atoms with Crippen LogP contribution >= 0.6 is 0 Å². The molecule has 174 valence electrons. The van der Waals surface area contributed by atoms with Crippen LogP contribution in [0.15, 0.2) is 30.4 Å². The Morgan fingerprint density at radius 1 is 0.968 bits per heavy atom. The lowest BCUT2D eigenvalue weighted by Gasteiger charge is -2.28. The van der Waals surface area contributed by atoms with Crippen LogP contribution in [-0.4, -0.2) is 77.1 Å². The maximum atomic E-state index is 10.7. The predicted molar refractivity (Wildman–Crippen MR) is 112 cm³/mol. The Labute approximate surface area is 181 Å². The molecule has 7 atom stereocenters. The smallest absolute Gasteiger partial charge is 0.185 e. The molecule has 2 rings (SSSR count). The number of hydrogen-bond acceptors (Lipinski definition) is 9. The number of aromatic hydroxyl groups is 1. The first-order valence-electron chi connectivity index (χ1n) is 9.95. The topological polar surface area (TPSA) is 138 Å². The van der Waals surface area contributed by atoms with E-state index in [4.69, 9.17) is 18.9 Å². The number of rotatable bonds is 4. The molecule has 9 nitrogen and oxygen atoms in total. The summed E-state index contributed by atoms with van der Waals surface area (Å²) in [6.45, 7) is 3.35. The molecule has 0 saturated carbocycles. The molecule has 1 aromatic rings. The highest BCUT2D eigenvalue weighted by molar-refractivity contribution is 5.61. The highest BCUT2D eigenvalue weighted by atomic mass is 16.7. The zero-order valence-corrected chi connectivity index (χ0v) is 18.1. The molecule has 5 N–H and O–H groups in total. The molecule has 0 aromatic heterocycles. The van der Waals surface area contributed by atoms with Crippen molar-refractivity contribution in [2.75, 3.05) is 21.0 Å². The maximum Gasteiger partial charge on any atom is 0.185 e. The Morgan fingerprint density at radius 3 is 2.32 bits per heavy atom. The van der Waals surface area contributed by atoms with E-state index >= 15 is 0 Å². The Bertz CT molecular complexity index is 764. The molecule has 0 amide bonds. The van der Waals surface area contributed by atoms with Gasteiger partial charge >= 0.3 is 0 Å². The van der Waals surface area contributed by atoms with Gasteiger partial charge in [0, 0.05) is 19.1 Å². The monoisotopic (exact) mass is 440 g/mol. The summed E-state index contributed by atoms with van der Waals surface area (Å²) in [6, 6.07) is 2.92. The summed E-state index contributed by atoms with van der Waals surface area (Å²) in [6.07, 6.45) is -1.56. The van der Waals surface area contributed by atoms with E-state index in [0.29, 0.717) is 11.3 Å². The van der Waals surface area contributed by atoms with Crippen LogP contribution in [0.3, 0.4) is 0 Å². The van der Waals surface area contributed by atoms with E-state index in [9.17, 15) is 25.5 Å². The third-order valence-corrected chi connectivity index (χ3v) is 5.22. The molecule has 1 aromatic carbocycles. The van der Waals surface area contributed by atoms with Crippen molar-refractivity contribution in [3.8, 4) is 11.5 Å². The van der Waals surface area contributed by atoms with Crippen molar-refractivity contribution in [2.45, 2.75) is 50.7 Å². The summed E-state index contributed by atoms with van der Waals surface area (Å²) in [5, 5.41) is 52.4. The van der Waals surface area contributed by atoms with Crippen LogP contribution in [0.25, 0.3) is 6.08 Å². The number of methoxy groups -OCH3 is 2. The van der Waals surface area contributed by atoms with Gasteiger partial charge in [0.15, 0.2) is 6.29 Å². The fourth-order valence-corrected chi connectivity index (χ4v) is 3.12. The summed E-state index contributed by atoms with van der Waals surface area (Å²) >= 11 is 0. The van der Waals surface area contributed by atoms with Gasteiger partial charge in [-0.1, -0.05) is 31.2 Å². The quantitative estimate of drug-likeness (QED) is 0.344. The third-order valence-electron chi connectivity index (χ3n) is 5.22. The molecule has 0 saturated heterocycles. The van der Waals surface area contributed by atoms with E-state index in [-0.39, 0.29) is 24.0 Å². The molecule has 0 radical (unpaired) electrons. The lowest BCUT2D eigenvalue weighted by Crippen LogP contribution is -2.44. The van der Waals surface area contributed by atoms with Crippen molar-refractivity contribution in [1.29, 1.82) is 0 Å². The van der Waals surface area contributed by atoms with Gasteiger partial charge in [-0.05, 0) is 18.6 Å². The zero-order chi connectivity index (χ0) is 23.1. The second-order valence-corrected chi connectivity index (χ2v) is 7.46. The minimum atomic E-state index is -1.54. The first-order valence-corrected chi connectivity index (χ1v) is 9.95. The first kappa shape index (κ1) is 25.3. The molecule has 0 fully saturated rings. The molecule has 5 unspecified atom stereocenters. The van der Waals surface area contributed by atoms with E-state index in [1.807, 2.05) is 0 Å². The van der Waals surface area contributed by atoms with Gasteiger partial charge in [-0.15, -0.1) is 0 Å². The Morgan fingerprint density at radius 2 is 1.68 bits per heavy atom. The van der Waals surface area contributed by atoms with E-state index in [0.717, 1.165) is 0 Å². The third kappa shape index (κ3) is 6.50. The lowest BCUT2D eigenvalue weighted by atomic mass is 9.97. The number of aliphatic hydroxyl groups excluding tert-OH is 4. The van der Waals surface area contributed by atoms with E-state index < -0.39 is 36.8 Å². The van der Waals surface area contributed by atoms with Gasteiger partial charge in [0.1, 0.15) is 42.7 Å². The van der Waals surface area contributed by atoms with Crippen molar-refractivity contribution in [1.82, 2.24) is 0 Å². The maximum absolute atomic E-state index is 10.7. The van der Waals surface area contributed by atoms with Gasteiger partial charge in [0.2, 0.25) is 0 Å². The molecule has 1 heterocycles. The second-order valence-electron chi connectivity index (χ2n) is 7.46. The Balaban J connectivity index is 2.57. The first-order chi connectivity index (χ1) is 14.7. The zero-order valence-electron chi connectivity index (χ0n) is 18.1. The number of phenolic OH excluding ortho intramolecular Hbond substituents is 1. The normalized spacial score (nSPS) is 34.4. The largest absolute Gasteiger partial charge is 0.507 e. The molecule has 1 aliphatic rings. The molecule has 31 heavy (non-hydrogen) atoms. The number of aliphatic hydroxyl groups is 4. The van der Waals surface area contributed by atoms with Crippen molar-refractivity contribution in [3.63, 3.8) is 0 Å². The fourth-order valence-electron chi connectivity index (χ4n) is 3.12. The fraction of sp³-hybridized carbons (Fsp3) is 0.545. The molecule has 0 bridgehead atoms. The van der Waals surface area contributed by atoms with Crippen molar-refractivity contribution in [3.05, 3.63) is 41.5 Å². The lowest BCUT2D eigenvalue weighted by molar-refractivity contribution is -0.144. The SMILES string of the molecule is COCOC1/C=C/c2cc(OC)cc(O)c2C(O)O[C@@H](C)[C@H](C)/C=C\C(O)C(O)C1O. The van der Waals surface area contributed by atoms with E-state index in [2.05, 4.69) is 0 Å². The standard InChI is InChI=1S/C22H32O9/c1-12-5-7-16(23)20(25)21(26)18(30-11-28-3)8-6-14-9-15(29-4)10-17(24)19(14)22(27)31-13(12)2/h5-10,12-13,16,18,20-27H,11H2,1-4H3/b7-5-,8-6+/t12-,13+,16?,18?,20?,21?,22?/m1/s1. The number of phenols is 1. The highest BCUT2D eigenvalue weighted by Gasteiger charge is 2.31. The van der Waals surface area contributed by atoms with Gasteiger partial charge in [0.25, 0.3) is 0 Å². The second kappa shape index (κ2) is 11.6. The van der Waals surface area contributed by atoms with Gasteiger partial charge in [-0.25, -0.2) is 0 Å². The average molecular weight is 440 g/mol. The number of hydrogen-bond donors (Lipinski definition) is 5. The summed E-state index contributed by atoms with van der Waals surface area (Å²) < 4.78 is 21.2. The predicted octanol–water partition coefficient (Wildman–Crippen LogP) is 1.09. The number of benzene rings is 1. The van der Waals surface area contributed by atoms with Gasteiger partial charge < -0.3 is 44.5 Å². The van der Waals surface area contributed by atoms with Crippen LogP contribution in [0.2, 0.25) is 0 Å². The average Bonchev–Trinajstić information content (AvgIpc) is 2.74. The minimum Gasteiger partial charge on any atom is -0.507 e. The van der Waals surface area contributed by atoms with Crippen molar-refractivity contribution >= 4 is 6.08 Å². The molecule has 9 heteroatoms. The molecule has 0 spiro atoms. The molecular formula is C22H32O9. The van der Waals surface area contributed by atoms with Crippen LogP contribution < -0.4 is 4.74 Å². The van der Waals surface area contributed by atoms with Crippen LogP contribution in [0.5, 0.6) is 11.5 Å². The summed E-state index contributed by atoms with van der Waals surface area (Å²) in [7, 11) is 2.84. The van der Waals surface area contributed by atoms with Crippen molar-refractivity contribution in [2.24, 2.45) is 5.92 Å². The molecule has 0 aliphatic carbocycles. The van der Waals surface area contributed by atoms with E-state index in [1.165, 1.54) is 38.5 Å². The Kier molecular flexibility index (Phi) is 9.45.